The summed E-state index contributed by atoms with van der Waals surface area (Å²) in [7, 11) is 2.58. The number of esters is 2. The molecule has 2 aliphatic rings. The Bertz CT molecular complexity index is 1260. The van der Waals surface area contributed by atoms with E-state index in [0.29, 0.717) is 0 Å². The van der Waals surface area contributed by atoms with Crippen molar-refractivity contribution in [2.24, 2.45) is 0 Å². The topological polar surface area (TPSA) is 129 Å². The lowest BCUT2D eigenvalue weighted by Gasteiger charge is -2.34. The molecule has 4 rings (SSSR count). The third-order valence-corrected chi connectivity index (χ3v) is 7.33. The van der Waals surface area contributed by atoms with Gasteiger partial charge < -0.3 is 29.6 Å². The molecule has 0 atom stereocenters. The number of rotatable bonds is 4. The minimum atomic E-state index is -1.46. The fourth-order valence-corrected chi connectivity index (χ4v) is 5.92. The van der Waals surface area contributed by atoms with Crippen molar-refractivity contribution in [2.75, 3.05) is 14.2 Å². The Kier molecular flexibility index (Phi) is 8.06. The van der Waals surface area contributed by atoms with Crippen molar-refractivity contribution in [3.8, 4) is 11.1 Å². The number of hydrogen-bond acceptors (Lipinski definition) is 8. The summed E-state index contributed by atoms with van der Waals surface area (Å²) in [5, 5.41) is 5.69. The summed E-state index contributed by atoms with van der Waals surface area (Å²) in [6.07, 6.45) is -1.02. The van der Waals surface area contributed by atoms with Gasteiger partial charge in [-0.05, 0) is 74.9 Å². The van der Waals surface area contributed by atoms with E-state index in [1.54, 1.807) is 41.5 Å². The molecule has 2 aliphatic carbocycles. The van der Waals surface area contributed by atoms with Gasteiger partial charge in [0.2, 0.25) is 0 Å². The molecule has 0 heterocycles. The number of benzene rings is 2. The summed E-state index contributed by atoms with van der Waals surface area (Å²) in [5.41, 5.74) is 0.326. The van der Waals surface area contributed by atoms with Crippen molar-refractivity contribution in [2.45, 2.75) is 89.5 Å². The molecular weight excluding hydrogens is 540 g/mol. The zero-order valence-corrected chi connectivity index (χ0v) is 25.6. The zero-order valence-electron chi connectivity index (χ0n) is 25.6. The maximum Gasteiger partial charge on any atom is 0.408 e. The SMILES string of the molecule is COC(=O)C1(NC(=O)OC(C)(C)C)Cc2cccc3c2-c2c(cccc2CC(NC(=O)OC(C)(C)C)(C(=O)OC)C3)C1. The van der Waals surface area contributed by atoms with Crippen LogP contribution in [0.2, 0.25) is 0 Å². The Morgan fingerprint density at radius 3 is 1.12 bits per heavy atom. The molecule has 0 fully saturated rings. The fourth-order valence-electron chi connectivity index (χ4n) is 5.92. The quantitative estimate of drug-likeness (QED) is 0.402. The maximum atomic E-state index is 13.5. The molecule has 2 N–H and O–H groups in total. The lowest BCUT2D eigenvalue weighted by Crippen LogP contribution is -2.59. The van der Waals surface area contributed by atoms with Gasteiger partial charge in [-0.1, -0.05) is 36.4 Å². The van der Waals surface area contributed by atoms with E-state index in [4.69, 9.17) is 18.9 Å². The first-order chi connectivity index (χ1) is 19.5. The van der Waals surface area contributed by atoms with Gasteiger partial charge in [-0.3, -0.25) is 0 Å². The van der Waals surface area contributed by atoms with Crippen LogP contribution in [0, 0.1) is 0 Å². The Labute approximate surface area is 246 Å². The van der Waals surface area contributed by atoms with Gasteiger partial charge in [-0.15, -0.1) is 0 Å². The molecule has 0 aliphatic heterocycles. The van der Waals surface area contributed by atoms with Crippen molar-refractivity contribution in [3.63, 3.8) is 0 Å². The average Bonchev–Trinajstić information content (AvgIpc) is 3.10. The zero-order chi connectivity index (χ0) is 31.1. The molecule has 0 bridgehead atoms. The number of hydrogen-bond donors (Lipinski definition) is 2. The fraction of sp³-hybridized carbons (Fsp3) is 0.500. The van der Waals surface area contributed by atoms with Crippen LogP contribution in [0.5, 0.6) is 0 Å². The molecule has 10 nitrogen and oxygen atoms in total. The minimum absolute atomic E-state index is 0.112. The molecule has 2 aromatic rings. The van der Waals surface area contributed by atoms with Gasteiger partial charge in [0.15, 0.2) is 0 Å². The van der Waals surface area contributed by atoms with E-state index in [1.165, 1.54) is 14.2 Å². The van der Waals surface area contributed by atoms with E-state index in [1.807, 2.05) is 36.4 Å². The molecule has 0 saturated carbocycles. The third kappa shape index (κ3) is 6.22. The average molecular weight is 581 g/mol. The van der Waals surface area contributed by atoms with Crippen LogP contribution >= 0.6 is 0 Å². The molecule has 0 spiro atoms. The Morgan fingerprint density at radius 1 is 0.595 bits per heavy atom. The summed E-state index contributed by atoms with van der Waals surface area (Å²) in [5.74, 6) is -1.20. The van der Waals surface area contributed by atoms with E-state index in [-0.39, 0.29) is 25.7 Å². The highest BCUT2D eigenvalue weighted by atomic mass is 16.6. The predicted octanol–water partition coefficient (Wildman–Crippen LogP) is 4.42. The van der Waals surface area contributed by atoms with E-state index in [9.17, 15) is 19.2 Å². The number of ether oxygens (including phenoxy) is 4. The maximum absolute atomic E-state index is 13.5. The highest BCUT2D eigenvalue weighted by molar-refractivity contribution is 5.92. The van der Waals surface area contributed by atoms with Crippen LogP contribution in [0.3, 0.4) is 0 Å². The molecule has 2 aromatic carbocycles. The van der Waals surface area contributed by atoms with Gasteiger partial charge >= 0.3 is 24.1 Å². The van der Waals surface area contributed by atoms with Gasteiger partial charge in [0.1, 0.15) is 22.3 Å². The largest absolute Gasteiger partial charge is 0.467 e. The molecule has 0 unspecified atom stereocenters. The first-order valence-corrected chi connectivity index (χ1v) is 13.9. The number of alkyl carbamates (subject to hydrolysis) is 2. The first kappa shape index (κ1) is 30.9. The first-order valence-electron chi connectivity index (χ1n) is 13.9. The van der Waals surface area contributed by atoms with Crippen molar-refractivity contribution in [1.29, 1.82) is 0 Å². The summed E-state index contributed by atoms with van der Waals surface area (Å²) in [6.45, 7) is 10.5. The second-order valence-electron chi connectivity index (χ2n) is 13.0. The Hall–Kier alpha value is -4.08. The number of amides is 2. The van der Waals surface area contributed by atoms with Crippen LogP contribution in [0.15, 0.2) is 36.4 Å². The lowest BCUT2D eigenvalue weighted by atomic mass is 9.83. The lowest BCUT2D eigenvalue weighted by molar-refractivity contribution is -0.149. The summed E-state index contributed by atoms with van der Waals surface area (Å²) in [4.78, 5) is 53.0. The second-order valence-corrected chi connectivity index (χ2v) is 13.0. The summed E-state index contributed by atoms with van der Waals surface area (Å²) < 4.78 is 21.5. The molecule has 0 saturated heterocycles. The molecule has 2 amide bonds. The van der Waals surface area contributed by atoms with Crippen LogP contribution in [0.25, 0.3) is 11.1 Å². The van der Waals surface area contributed by atoms with Crippen LogP contribution in [0.4, 0.5) is 9.59 Å². The van der Waals surface area contributed by atoms with E-state index in [0.717, 1.165) is 33.4 Å². The highest BCUT2D eigenvalue weighted by Crippen LogP contribution is 2.45. The van der Waals surface area contributed by atoms with Gasteiger partial charge in [-0.2, -0.15) is 0 Å². The summed E-state index contributed by atoms with van der Waals surface area (Å²) in [6, 6.07) is 11.2. The summed E-state index contributed by atoms with van der Waals surface area (Å²) >= 11 is 0. The molecule has 10 heteroatoms. The number of nitrogens with one attached hydrogen (secondary N) is 2. The molecule has 0 radical (unpaired) electrons. The number of carbonyl (C=O) groups is 4. The van der Waals surface area contributed by atoms with Crippen LogP contribution < -0.4 is 10.6 Å². The van der Waals surface area contributed by atoms with Crippen molar-refractivity contribution < 1.29 is 38.1 Å². The van der Waals surface area contributed by atoms with Gasteiger partial charge in [0, 0.05) is 25.7 Å². The monoisotopic (exact) mass is 580 g/mol. The minimum Gasteiger partial charge on any atom is -0.467 e. The van der Waals surface area contributed by atoms with Gasteiger partial charge in [0.05, 0.1) is 14.2 Å². The third-order valence-electron chi connectivity index (χ3n) is 7.33. The van der Waals surface area contributed by atoms with E-state index >= 15 is 0 Å². The molecule has 0 aromatic heterocycles. The molecular formula is C32H40N2O8. The van der Waals surface area contributed by atoms with Crippen LogP contribution in [-0.2, 0) is 54.2 Å². The van der Waals surface area contributed by atoms with Crippen LogP contribution in [-0.4, -0.2) is 60.6 Å². The molecule has 226 valence electrons. The van der Waals surface area contributed by atoms with Crippen molar-refractivity contribution >= 4 is 24.1 Å². The highest BCUT2D eigenvalue weighted by Gasteiger charge is 2.49. The van der Waals surface area contributed by atoms with E-state index in [2.05, 4.69) is 10.6 Å². The normalized spacial score (nSPS) is 16.5. The molecule has 42 heavy (non-hydrogen) atoms. The Morgan fingerprint density at radius 2 is 0.881 bits per heavy atom. The number of methoxy groups -OCH3 is 2. The van der Waals surface area contributed by atoms with E-state index < -0.39 is 46.4 Å². The van der Waals surface area contributed by atoms with Crippen LogP contribution in [0.1, 0.15) is 63.8 Å². The van der Waals surface area contributed by atoms with Crippen molar-refractivity contribution in [1.82, 2.24) is 10.6 Å². The number of carbonyl (C=O) groups excluding carboxylic acids is 4. The predicted molar refractivity (Wildman–Crippen MR) is 155 cm³/mol. The Balaban J connectivity index is 1.90. The van der Waals surface area contributed by atoms with Crippen molar-refractivity contribution in [3.05, 3.63) is 58.7 Å². The smallest absolute Gasteiger partial charge is 0.408 e. The standard InChI is InChI=1S/C32H40N2O8/c1-29(2,3)41-27(37)33-31(25(35)39-7)15-19-11-9-13-21-17-32(26(36)40-8,34-28(38)42-30(4,5)6)18-22-14-10-12-20(16-31)24(22)23(19)21/h9-14H,15-18H2,1-8H3,(H,33,37)(H,34,38). The van der Waals surface area contributed by atoms with Gasteiger partial charge in [-0.25, -0.2) is 19.2 Å². The van der Waals surface area contributed by atoms with Gasteiger partial charge in [0.25, 0.3) is 0 Å². The second kappa shape index (κ2) is 11.0.